The van der Waals surface area contributed by atoms with E-state index in [-0.39, 0.29) is 36.3 Å². The summed E-state index contributed by atoms with van der Waals surface area (Å²) < 4.78 is 0. The second-order valence-electron chi connectivity index (χ2n) is 2.86. The predicted octanol–water partition coefficient (Wildman–Crippen LogP) is -1.16. The Morgan fingerprint density at radius 3 is 2.25 bits per heavy atom. The van der Waals surface area contributed by atoms with Crippen LogP contribution in [-0.2, 0) is 4.79 Å². The lowest BCUT2D eigenvalue weighted by Crippen LogP contribution is -2.54. The van der Waals surface area contributed by atoms with Gasteiger partial charge in [-0.3, -0.25) is 10.1 Å². The summed E-state index contributed by atoms with van der Waals surface area (Å²) in [6.45, 7) is 1.64. The Balaban J connectivity index is 0.000000720. The van der Waals surface area contributed by atoms with Crippen LogP contribution >= 0.6 is 12.4 Å². The van der Waals surface area contributed by atoms with E-state index in [1.54, 1.807) is 0 Å². The van der Waals surface area contributed by atoms with Gasteiger partial charge in [0.05, 0.1) is 0 Å². The zero-order valence-corrected chi connectivity index (χ0v) is 7.11. The molecular weight excluding hydrogens is 182 g/mol. The van der Waals surface area contributed by atoms with E-state index in [9.17, 15) is 9.59 Å². The number of amides is 3. The van der Waals surface area contributed by atoms with Crippen molar-refractivity contribution >= 4 is 24.3 Å². The minimum Gasteiger partial charge on any atom is -0.326 e. The molecule has 2 heterocycles. The highest BCUT2D eigenvalue weighted by Gasteiger charge is 2.38. The molecule has 2 aliphatic rings. The van der Waals surface area contributed by atoms with Gasteiger partial charge in [-0.1, -0.05) is 0 Å². The highest BCUT2D eigenvalue weighted by molar-refractivity contribution is 6.04. The number of halogens is 1. The molecule has 2 rings (SSSR count). The van der Waals surface area contributed by atoms with E-state index in [2.05, 4.69) is 16.0 Å². The topological polar surface area (TPSA) is 70.2 Å². The van der Waals surface area contributed by atoms with Crippen molar-refractivity contribution < 1.29 is 9.59 Å². The van der Waals surface area contributed by atoms with Gasteiger partial charge < -0.3 is 10.6 Å². The number of hydrogen-bond acceptors (Lipinski definition) is 3. The monoisotopic (exact) mass is 191 g/mol. The van der Waals surface area contributed by atoms with Crippen molar-refractivity contribution in [3.8, 4) is 0 Å². The first kappa shape index (κ1) is 9.28. The first-order valence-corrected chi connectivity index (χ1v) is 3.59. The van der Waals surface area contributed by atoms with Crippen LogP contribution in [0.4, 0.5) is 4.79 Å². The fourth-order valence-corrected chi connectivity index (χ4v) is 1.31. The maximum absolute atomic E-state index is 11.0. The second-order valence-corrected chi connectivity index (χ2v) is 2.86. The number of imide groups is 1. The molecule has 1 unspecified atom stereocenters. The van der Waals surface area contributed by atoms with Crippen LogP contribution in [-0.4, -0.2) is 31.1 Å². The SMILES string of the molecule is Cl.O=C1NC(=O)C(C2CNC2)N1. The highest BCUT2D eigenvalue weighted by atomic mass is 35.5. The summed E-state index contributed by atoms with van der Waals surface area (Å²) >= 11 is 0. The van der Waals surface area contributed by atoms with Crippen LogP contribution in [0.5, 0.6) is 0 Å². The van der Waals surface area contributed by atoms with Crippen molar-refractivity contribution in [1.29, 1.82) is 0 Å². The molecule has 3 N–H and O–H groups in total. The van der Waals surface area contributed by atoms with Crippen molar-refractivity contribution in [1.82, 2.24) is 16.0 Å². The van der Waals surface area contributed by atoms with Crippen LogP contribution in [0.15, 0.2) is 0 Å². The van der Waals surface area contributed by atoms with Crippen LogP contribution in [0.3, 0.4) is 0 Å². The largest absolute Gasteiger partial charge is 0.326 e. The van der Waals surface area contributed by atoms with Crippen LogP contribution < -0.4 is 16.0 Å². The predicted molar refractivity (Wildman–Crippen MR) is 44.1 cm³/mol. The molecule has 1 atom stereocenters. The van der Waals surface area contributed by atoms with E-state index in [4.69, 9.17) is 0 Å². The lowest BCUT2D eigenvalue weighted by molar-refractivity contribution is -0.121. The summed E-state index contributed by atoms with van der Waals surface area (Å²) in [6, 6.07) is -0.671. The zero-order chi connectivity index (χ0) is 7.84. The van der Waals surface area contributed by atoms with E-state index in [0.717, 1.165) is 13.1 Å². The smallest absolute Gasteiger partial charge is 0.322 e. The molecule has 2 fully saturated rings. The Labute approximate surface area is 75.7 Å². The van der Waals surface area contributed by atoms with E-state index < -0.39 is 0 Å². The molecule has 0 aliphatic carbocycles. The number of hydrogen-bond donors (Lipinski definition) is 3. The molecule has 6 heteroatoms. The van der Waals surface area contributed by atoms with E-state index in [1.807, 2.05) is 0 Å². The molecule has 3 amide bonds. The van der Waals surface area contributed by atoms with Crippen LogP contribution in [0, 0.1) is 5.92 Å². The van der Waals surface area contributed by atoms with E-state index in [0.29, 0.717) is 0 Å². The van der Waals surface area contributed by atoms with Gasteiger partial charge in [0.25, 0.3) is 5.91 Å². The van der Waals surface area contributed by atoms with Crippen LogP contribution in [0.25, 0.3) is 0 Å². The first-order valence-electron chi connectivity index (χ1n) is 3.59. The van der Waals surface area contributed by atoms with Crippen LogP contribution in [0.2, 0.25) is 0 Å². The second kappa shape index (κ2) is 3.28. The summed E-state index contributed by atoms with van der Waals surface area (Å²) in [5.74, 6) is 0.0861. The zero-order valence-electron chi connectivity index (χ0n) is 6.29. The maximum Gasteiger partial charge on any atom is 0.322 e. The Kier molecular flexibility index (Phi) is 2.54. The molecule has 0 bridgehead atoms. The molecule has 2 aliphatic heterocycles. The van der Waals surface area contributed by atoms with Gasteiger partial charge in [0.1, 0.15) is 6.04 Å². The van der Waals surface area contributed by atoms with E-state index in [1.165, 1.54) is 0 Å². The standard InChI is InChI=1S/C6H9N3O2.ClH/c10-5-4(3-1-7-2-3)8-6(11)9-5;/h3-4,7H,1-2H2,(H2,8,9,10,11);1H. The normalized spacial score (nSPS) is 28.5. The third-order valence-electron chi connectivity index (χ3n) is 2.09. The number of urea groups is 1. The number of carbonyl (C=O) groups excluding carboxylic acids is 2. The third-order valence-corrected chi connectivity index (χ3v) is 2.09. The van der Waals surface area contributed by atoms with Crippen molar-refractivity contribution in [2.45, 2.75) is 6.04 Å². The molecule has 0 saturated carbocycles. The minimum absolute atomic E-state index is 0. The molecule has 68 valence electrons. The van der Waals surface area contributed by atoms with Gasteiger partial charge in [0.2, 0.25) is 0 Å². The van der Waals surface area contributed by atoms with Gasteiger partial charge in [0, 0.05) is 19.0 Å². The lowest BCUT2D eigenvalue weighted by Gasteiger charge is -2.30. The summed E-state index contributed by atoms with van der Waals surface area (Å²) in [6.07, 6.45) is 0. The molecule has 12 heavy (non-hydrogen) atoms. The number of nitrogens with one attached hydrogen (secondary N) is 3. The Morgan fingerprint density at radius 2 is 1.92 bits per heavy atom. The molecule has 5 nitrogen and oxygen atoms in total. The Bertz CT molecular complexity index is 217. The fourth-order valence-electron chi connectivity index (χ4n) is 1.31. The van der Waals surface area contributed by atoms with Gasteiger partial charge in [-0.25, -0.2) is 4.79 Å². The van der Waals surface area contributed by atoms with Crippen molar-refractivity contribution in [2.75, 3.05) is 13.1 Å². The average Bonchev–Trinajstić information content (AvgIpc) is 2.07. The Hall–Kier alpha value is -0.810. The summed E-state index contributed by atoms with van der Waals surface area (Å²) in [5.41, 5.74) is 0. The van der Waals surface area contributed by atoms with Gasteiger partial charge in [-0.2, -0.15) is 0 Å². The van der Waals surface area contributed by atoms with Gasteiger partial charge in [0.15, 0.2) is 0 Å². The number of rotatable bonds is 1. The van der Waals surface area contributed by atoms with Gasteiger partial charge in [-0.05, 0) is 0 Å². The van der Waals surface area contributed by atoms with Gasteiger partial charge >= 0.3 is 6.03 Å². The summed E-state index contributed by atoms with van der Waals surface area (Å²) in [7, 11) is 0. The molecule has 0 aromatic carbocycles. The van der Waals surface area contributed by atoms with Crippen molar-refractivity contribution in [3.63, 3.8) is 0 Å². The maximum atomic E-state index is 11.0. The quantitative estimate of drug-likeness (QED) is 0.458. The number of carbonyl (C=O) groups is 2. The molecular formula is C6H10ClN3O2. The molecule has 0 spiro atoms. The Morgan fingerprint density at radius 1 is 1.25 bits per heavy atom. The van der Waals surface area contributed by atoms with Crippen molar-refractivity contribution in [2.24, 2.45) is 5.92 Å². The van der Waals surface area contributed by atoms with E-state index >= 15 is 0 Å². The highest BCUT2D eigenvalue weighted by Crippen LogP contribution is 2.11. The first-order chi connectivity index (χ1) is 5.27. The third kappa shape index (κ3) is 1.37. The molecule has 0 aromatic rings. The summed E-state index contributed by atoms with van der Waals surface area (Å²) in [4.78, 5) is 21.6. The van der Waals surface area contributed by atoms with Crippen LogP contribution in [0.1, 0.15) is 0 Å². The minimum atomic E-state index is -0.369. The fraction of sp³-hybridized carbons (Fsp3) is 0.667. The summed E-state index contributed by atoms with van der Waals surface area (Å²) in [5, 5.41) is 7.81. The lowest BCUT2D eigenvalue weighted by atomic mass is 9.94. The molecule has 2 saturated heterocycles. The van der Waals surface area contributed by atoms with Gasteiger partial charge in [-0.15, -0.1) is 12.4 Å². The molecule has 0 aromatic heterocycles. The molecule has 0 radical (unpaired) electrons. The average molecular weight is 192 g/mol. The van der Waals surface area contributed by atoms with Crippen molar-refractivity contribution in [3.05, 3.63) is 0 Å².